The molecule has 0 spiro atoms. The maximum Gasteiger partial charge on any atom is 0.257 e. The fourth-order valence-electron chi connectivity index (χ4n) is 3.96. The van der Waals surface area contributed by atoms with Crippen molar-refractivity contribution in [2.45, 2.75) is 19.3 Å². The van der Waals surface area contributed by atoms with Gasteiger partial charge in [0.15, 0.2) is 11.5 Å². The van der Waals surface area contributed by atoms with Crippen molar-refractivity contribution in [1.29, 1.82) is 0 Å². The number of carbonyl (C=O) groups excluding carboxylic acids is 1. The van der Waals surface area contributed by atoms with E-state index in [1.54, 1.807) is 0 Å². The zero-order valence-corrected chi connectivity index (χ0v) is 16.3. The van der Waals surface area contributed by atoms with E-state index in [0.717, 1.165) is 52.0 Å². The zero-order valence-electron chi connectivity index (χ0n) is 16.3. The molecule has 0 N–H and O–H groups in total. The standard InChI is InChI=1S/C23H28N2O3/c26-23(20-10-4-11-21-22(20)28-18-17-27-21)25-14-6-13-24(15-16-25)12-5-9-19-7-2-1-3-8-19/h1-4,7-8,10-11H,5-6,9,12-18H2. The molecule has 0 saturated carbocycles. The number of rotatable bonds is 5. The van der Waals surface area contributed by atoms with Crippen LogP contribution in [0.15, 0.2) is 48.5 Å². The van der Waals surface area contributed by atoms with Crippen LogP contribution in [0.1, 0.15) is 28.8 Å². The summed E-state index contributed by atoms with van der Waals surface area (Å²) >= 11 is 0. The van der Waals surface area contributed by atoms with E-state index in [1.165, 1.54) is 5.56 Å². The molecule has 148 valence electrons. The van der Waals surface area contributed by atoms with E-state index in [-0.39, 0.29) is 5.91 Å². The summed E-state index contributed by atoms with van der Waals surface area (Å²) < 4.78 is 11.4. The minimum atomic E-state index is 0.0495. The molecule has 2 heterocycles. The van der Waals surface area contributed by atoms with Crippen LogP contribution < -0.4 is 9.47 Å². The summed E-state index contributed by atoms with van der Waals surface area (Å²) in [5.41, 5.74) is 2.01. The number of fused-ring (bicyclic) bond motifs is 1. The van der Waals surface area contributed by atoms with Crippen molar-refractivity contribution >= 4 is 5.91 Å². The van der Waals surface area contributed by atoms with Gasteiger partial charge >= 0.3 is 0 Å². The van der Waals surface area contributed by atoms with Crippen molar-refractivity contribution < 1.29 is 14.3 Å². The number of para-hydroxylation sites is 1. The van der Waals surface area contributed by atoms with Crippen molar-refractivity contribution in [3.8, 4) is 11.5 Å². The molecule has 0 unspecified atom stereocenters. The Hall–Kier alpha value is -2.53. The number of carbonyl (C=O) groups is 1. The molecule has 0 atom stereocenters. The molecule has 0 radical (unpaired) electrons. The van der Waals surface area contributed by atoms with E-state index in [4.69, 9.17) is 9.47 Å². The second-order valence-electron chi connectivity index (χ2n) is 7.41. The molecule has 4 rings (SSSR count). The van der Waals surface area contributed by atoms with E-state index >= 15 is 0 Å². The second kappa shape index (κ2) is 9.11. The number of hydrogen-bond acceptors (Lipinski definition) is 4. The quantitative estimate of drug-likeness (QED) is 0.799. The number of amides is 1. The molecule has 2 aliphatic rings. The lowest BCUT2D eigenvalue weighted by Crippen LogP contribution is -2.36. The molecule has 1 fully saturated rings. The number of benzene rings is 2. The molecule has 1 saturated heterocycles. The Kier molecular flexibility index (Phi) is 6.12. The van der Waals surface area contributed by atoms with Crippen LogP contribution in [0.5, 0.6) is 11.5 Å². The second-order valence-corrected chi connectivity index (χ2v) is 7.41. The largest absolute Gasteiger partial charge is 0.486 e. The van der Waals surface area contributed by atoms with Gasteiger partial charge in [-0.25, -0.2) is 0 Å². The maximum absolute atomic E-state index is 13.1. The molecule has 2 aromatic rings. The fraction of sp³-hybridized carbons (Fsp3) is 0.435. The number of aryl methyl sites for hydroxylation is 1. The zero-order chi connectivity index (χ0) is 19.2. The topological polar surface area (TPSA) is 42.0 Å². The first-order chi connectivity index (χ1) is 13.8. The van der Waals surface area contributed by atoms with Crippen LogP contribution >= 0.6 is 0 Å². The van der Waals surface area contributed by atoms with Crippen LogP contribution in [0.25, 0.3) is 0 Å². The monoisotopic (exact) mass is 380 g/mol. The van der Waals surface area contributed by atoms with Crippen molar-refractivity contribution in [3.63, 3.8) is 0 Å². The van der Waals surface area contributed by atoms with Gasteiger partial charge in [-0.15, -0.1) is 0 Å². The third-order valence-electron chi connectivity index (χ3n) is 5.45. The Balaban J connectivity index is 1.32. The average Bonchev–Trinajstić information content (AvgIpc) is 2.99. The summed E-state index contributed by atoms with van der Waals surface area (Å²) in [5.74, 6) is 1.32. The van der Waals surface area contributed by atoms with Gasteiger partial charge in [0.05, 0.1) is 5.56 Å². The lowest BCUT2D eigenvalue weighted by Gasteiger charge is -2.25. The van der Waals surface area contributed by atoms with E-state index in [2.05, 4.69) is 35.2 Å². The number of nitrogens with zero attached hydrogens (tertiary/aromatic N) is 2. The van der Waals surface area contributed by atoms with E-state index in [9.17, 15) is 4.79 Å². The predicted molar refractivity (Wildman–Crippen MR) is 109 cm³/mol. The van der Waals surface area contributed by atoms with Crippen LogP contribution in [-0.4, -0.2) is 61.6 Å². The molecule has 0 aromatic heterocycles. The summed E-state index contributed by atoms with van der Waals surface area (Å²) in [4.78, 5) is 17.5. The lowest BCUT2D eigenvalue weighted by atomic mass is 10.1. The van der Waals surface area contributed by atoms with Gasteiger partial charge < -0.3 is 19.3 Å². The van der Waals surface area contributed by atoms with Crippen molar-refractivity contribution in [2.24, 2.45) is 0 Å². The van der Waals surface area contributed by atoms with Crippen molar-refractivity contribution in [2.75, 3.05) is 45.9 Å². The summed E-state index contributed by atoms with van der Waals surface area (Å²) in [6.45, 7) is 5.62. The van der Waals surface area contributed by atoms with Crippen LogP contribution in [0.3, 0.4) is 0 Å². The molecule has 0 bridgehead atoms. The van der Waals surface area contributed by atoms with Gasteiger partial charge in [0.2, 0.25) is 0 Å². The molecule has 1 amide bonds. The SMILES string of the molecule is O=C(c1cccc2c1OCCO2)N1CCCN(CCCc2ccccc2)CC1. The molecule has 2 aromatic carbocycles. The smallest absolute Gasteiger partial charge is 0.257 e. The first-order valence-corrected chi connectivity index (χ1v) is 10.3. The van der Waals surface area contributed by atoms with Crippen LogP contribution in [0, 0.1) is 0 Å². The highest BCUT2D eigenvalue weighted by Gasteiger charge is 2.25. The van der Waals surface area contributed by atoms with Gasteiger partial charge in [0, 0.05) is 19.6 Å². The average molecular weight is 380 g/mol. The highest BCUT2D eigenvalue weighted by molar-refractivity contribution is 5.98. The van der Waals surface area contributed by atoms with Crippen LogP contribution in [-0.2, 0) is 6.42 Å². The van der Waals surface area contributed by atoms with Crippen LogP contribution in [0.2, 0.25) is 0 Å². The Bertz CT molecular complexity index is 794. The molecular weight excluding hydrogens is 352 g/mol. The van der Waals surface area contributed by atoms with Gasteiger partial charge in [0.1, 0.15) is 13.2 Å². The number of hydrogen-bond donors (Lipinski definition) is 0. The Labute approximate surface area is 166 Å². The molecule has 5 nitrogen and oxygen atoms in total. The summed E-state index contributed by atoms with van der Waals surface area (Å²) in [6, 6.07) is 16.2. The van der Waals surface area contributed by atoms with Crippen molar-refractivity contribution in [1.82, 2.24) is 9.80 Å². The minimum Gasteiger partial charge on any atom is -0.486 e. The Morgan fingerprint density at radius 2 is 1.75 bits per heavy atom. The Morgan fingerprint density at radius 1 is 0.893 bits per heavy atom. The van der Waals surface area contributed by atoms with Crippen molar-refractivity contribution in [3.05, 3.63) is 59.7 Å². The summed E-state index contributed by atoms with van der Waals surface area (Å²) in [7, 11) is 0. The van der Waals surface area contributed by atoms with Crippen LogP contribution in [0.4, 0.5) is 0 Å². The third-order valence-corrected chi connectivity index (χ3v) is 5.45. The minimum absolute atomic E-state index is 0.0495. The molecule has 5 heteroatoms. The maximum atomic E-state index is 13.1. The number of ether oxygens (including phenoxy) is 2. The molecule has 2 aliphatic heterocycles. The first kappa shape index (κ1) is 18.8. The van der Waals surface area contributed by atoms with Gasteiger partial charge in [-0.3, -0.25) is 4.79 Å². The van der Waals surface area contributed by atoms with Gasteiger partial charge in [0.25, 0.3) is 5.91 Å². The molecular formula is C23H28N2O3. The molecule has 28 heavy (non-hydrogen) atoms. The predicted octanol–water partition coefficient (Wildman–Crippen LogP) is 3.24. The third kappa shape index (κ3) is 4.47. The molecule has 0 aliphatic carbocycles. The first-order valence-electron chi connectivity index (χ1n) is 10.3. The van der Waals surface area contributed by atoms with E-state index in [1.807, 2.05) is 23.1 Å². The Morgan fingerprint density at radius 3 is 2.64 bits per heavy atom. The highest BCUT2D eigenvalue weighted by atomic mass is 16.6. The fourth-order valence-corrected chi connectivity index (χ4v) is 3.96. The van der Waals surface area contributed by atoms with E-state index in [0.29, 0.717) is 30.3 Å². The van der Waals surface area contributed by atoms with Gasteiger partial charge in [-0.1, -0.05) is 36.4 Å². The van der Waals surface area contributed by atoms with Gasteiger partial charge in [-0.05, 0) is 50.0 Å². The van der Waals surface area contributed by atoms with E-state index < -0.39 is 0 Å². The lowest BCUT2D eigenvalue weighted by molar-refractivity contribution is 0.0751. The summed E-state index contributed by atoms with van der Waals surface area (Å²) in [6.07, 6.45) is 3.26. The van der Waals surface area contributed by atoms with Gasteiger partial charge in [-0.2, -0.15) is 0 Å². The normalized spacial score (nSPS) is 17.2. The highest BCUT2D eigenvalue weighted by Crippen LogP contribution is 2.34. The summed E-state index contributed by atoms with van der Waals surface area (Å²) in [5, 5.41) is 0.